The predicted molar refractivity (Wildman–Crippen MR) is 49.5 cm³/mol. The van der Waals surface area contributed by atoms with Crippen molar-refractivity contribution in [2.75, 3.05) is 0 Å². The molecule has 0 saturated heterocycles. The first-order chi connectivity index (χ1) is 5.77. The molecule has 68 valence electrons. The van der Waals surface area contributed by atoms with Gasteiger partial charge in [-0.25, -0.2) is 4.39 Å². The predicted octanol–water partition coefficient (Wildman–Crippen LogP) is 3.17. The van der Waals surface area contributed by atoms with E-state index < -0.39 is 6.17 Å². The van der Waals surface area contributed by atoms with Gasteiger partial charge in [0.25, 0.3) is 0 Å². The zero-order chi connectivity index (χ0) is 8.97. The molecule has 0 aromatic heterocycles. The van der Waals surface area contributed by atoms with Crippen LogP contribution < -0.4 is 0 Å². The van der Waals surface area contributed by atoms with Gasteiger partial charge < -0.3 is 0 Å². The molecule has 0 aliphatic heterocycles. The molecular weight excluding hydrogens is 151 g/mol. The minimum Gasteiger partial charge on any atom is -0.246 e. The van der Waals surface area contributed by atoms with Crippen LogP contribution in [0.5, 0.6) is 0 Å². The lowest BCUT2D eigenvalue weighted by Crippen LogP contribution is -2.24. The van der Waals surface area contributed by atoms with E-state index >= 15 is 0 Å². The van der Waals surface area contributed by atoms with Crippen molar-refractivity contribution in [1.82, 2.24) is 0 Å². The highest BCUT2D eigenvalue weighted by molar-refractivity contribution is 5.05. The monoisotopic (exact) mass is 168 g/mol. The van der Waals surface area contributed by atoms with Crippen LogP contribution in [-0.2, 0) is 0 Å². The highest BCUT2D eigenvalue weighted by atomic mass is 19.1. The maximum absolute atomic E-state index is 13.2. The van der Waals surface area contributed by atoms with E-state index in [0.29, 0.717) is 5.92 Å². The molecule has 0 bridgehead atoms. The van der Waals surface area contributed by atoms with E-state index in [1.54, 1.807) is 6.92 Å². The summed E-state index contributed by atoms with van der Waals surface area (Å²) in [7, 11) is 0. The highest BCUT2D eigenvalue weighted by Crippen LogP contribution is 2.32. The fourth-order valence-corrected chi connectivity index (χ4v) is 1.93. The Balaban J connectivity index is 2.50. The van der Waals surface area contributed by atoms with Crippen molar-refractivity contribution in [3.63, 3.8) is 0 Å². The summed E-state index contributed by atoms with van der Waals surface area (Å²) < 4.78 is 13.2. The first-order valence-corrected chi connectivity index (χ1v) is 4.84. The van der Waals surface area contributed by atoms with Crippen LogP contribution >= 0.6 is 0 Å². The number of rotatable bonds is 1. The van der Waals surface area contributed by atoms with Gasteiger partial charge >= 0.3 is 0 Å². The Morgan fingerprint density at radius 3 is 2.75 bits per heavy atom. The lowest BCUT2D eigenvalue weighted by atomic mass is 9.79. The van der Waals surface area contributed by atoms with Crippen LogP contribution in [0.3, 0.4) is 0 Å². The summed E-state index contributed by atoms with van der Waals surface area (Å²) >= 11 is 0. The normalized spacial score (nSPS) is 35.4. The lowest BCUT2D eigenvalue weighted by molar-refractivity contribution is 0.161. The van der Waals surface area contributed by atoms with Gasteiger partial charge in [0, 0.05) is 0 Å². The second-order valence-corrected chi connectivity index (χ2v) is 3.60. The average Bonchev–Trinajstić information content (AvgIpc) is 2.09. The smallest absolute Gasteiger partial charge is 0.114 e. The molecule has 0 nitrogen and oxygen atoms in total. The molecule has 12 heavy (non-hydrogen) atoms. The molecule has 1 saturated carbocycles. The van der Waals surface area contributed by atoms with Crippen LogP contribution in [-0.4, -0.2) is 6.17 Å². The number of hydrogen-bond donors (Lipinski definition) is 0. The number of alkyl halides is 1. The van der Waals surface area contributed by atoms with Crippen LogP contribution in [0, 0.1) is 23.7 Å². The standard InChI is InChI=1S/C11H17F/c1-3-5-10-8-9(4-2)6-7-11(10)12/h9-11H,4,6-8H2,1-2H3. The third-order valence-electron chi connectivity index (χ3n) is 2.78. The summed E-state index contributed by atoms with van der Waals surface area (Å²) in [6.45, 7) is 3.97. The molecule has 0 heterocycles. The van der Waals surface area contributed by atoms with Crippen LogP contribution in [0.15, 0.2) is 0 Å². The van der Waals surface area contributed by atoms with E-state index in [1.807, 2.05) is 0 Å². The van der Waals surface area contributed by atoms with Gasteiger partial charge in [0.1, 0.15) is 6.17 Å². The van der Waals surface area contributed by atoms with E-state index in [9.17, 15) is 4.39 Å². The van der Waals surface area contributed by atoms with Crippen molar-refractivity contribution in [3.05, 3.63) is 0 Å². The summed E-state index contributed by atoms with van der Waals surface area (Å²) in [5, 5.41) is 0. The summed E-state index contributed by atoms with van der Waals surface area (Å²) in [6, 6.07) is 0. The van der Waals surface area contributed by atoms with E-state index in [4.69, 9.17) is 0 Å². The van der Waals surface area contributed by atoms with E-state index in [-0.39, 0.29) is 5.92 Å². The largest absolute Gasteiger partial charge is 0.246 e. The topological polar surface area (TPSA) is 0 Å². The molecule has 3 atom stereocenters. The van der Waals surface area contributed by atoms with Gasteiger partial charge in [0.2, 0.25) is 0 Å². The zero-order valence-electron chi connectivity index (χ0n) is 7.94. The van der Waals surface area contributed by atoms with Gasteiger partial charge in [0.15, 0.2) is 0 Å². The van der Waals surface area contributed by atoms with Crippen LogP contribution in [0.25, 0.3) is 0 Å². The second-order valence-electron chi connectivity index (χ2n) is 3.60. The Labute approximate surface area is 74.5 Å². The van der Waals surface area contributed by atoms with Crippen molar-refractivity contribution in [1.29, 1.82) is 0 Å². The third-order valence-corrected chi connectivity index (χ3v) is 2.78. The Morgan fingerprint density at radius 2 is 2.17 bits per heavy atom. The van der Waals surface area contributed by atoms with Crippen molar-refractivity contribution in [2.24, 2.45) is 11.8 Å². The van der Waals surface area contributed by atoms with E-state index in [0.717, 1.165) is 19.3 Å². The molecule has 0 amide bonds. The van der Waals surface area contributed by atoms with Crippen LogP contribution in [0.1, 0.15) is 39.5 Å². The summed E-state index contributed by atoms with van der Waals surface area (Å²) in [4.78, 5) is 0. The van der Waals surface area contributed by atoms with Crippen molar-refractivity contribution >= 4 is 0 Å². The molecule has 3 unspecified atom stereocenters. The Morgan fingerprint density at radius 1 is 1.42 bits per heavy atom. The van der Waals surface area contributed by atoms with Crippen molar-refractivity contribution in [3.8, 4) is 11.8 Å². The number of halogens is 1. The Hall–Kier alpha value is -0.510. The molecular formula is C11H17F. The summed E-state index contributed by atoms with van der Waals surface area (Å²) in [6.07, 6.45) is 3.25. The Kier molecular flexibility index (Phi) is 3.59. The lowest BCUT2D eigenvalue weighted by Gasteiger charge is -2.28. The van der Waals surface area contributed by atoms with E-state index in [1.165, 1.54) is 6.42 Å². The molecule has 1 rings (SSSR count). The van der Waals surface area contributed by atoms with Crippen LogP contribution in [0.2, 0.25) is 0 Å². The summed E-state index contributed by atoms with van der Waals surface area (Å²) in [5.74, 6) is 6.53. The van der Waals surface area contributed by atoms with Crippen molar-refractivity contribution in [2.45, 2.75) is 45.7 Å². The Bertz CT molecular complexity index is 187. The molecule has 1 fully saturated rings. The SMILES string of the molecule is CC#CC1CC(CC)CCC1F. The highest BCUT2D eigenvalue weighted by Gasteiger charge is 2.27. The molecule has 1 aliphatic carbocycles. The van der Waals surface area contributed by atoms with Gasteiger partial charge in [-0.15, -0.1) is 5.92 Å². The maximum atomic E-state index is 13.2. The van der Waals surface area contributed by atoms with Gasteiger partial charge in [-0.05, 0) is 32.1 Å². The molecule has 0 radical (unpaired) electrons. The van der Waals surface area contributed by atoms with Gasteiger partial charge in [-0.2, -0.15) is 0 Å². The zero-order valence-corrected chi connectivity index (χ0v) is 7.94. The van der Waals surface area contributed by atoms with Gasteiger partial charge in [0.05, 0.1) is 5.92 Å². The van der Waals surface area contributed by atoms with Gasteiger partial charge in [-0.3, -0.25) is 0 Å². The first-order valence-electron chi connectivity index (χ1n) is 4.84. The second kappa shape index (κ2) is 4.50. The number of hydrogen-bond acceptors (Lipinski definition) is 0. The quantitative estimate of drug-likeness (QED) is 0.527. The fraction of sp³-hybridized carbons (Fsp3) is 0.818. The van der Waals surface area contributed by atoms with Crippen LogP contribution in [0.4, 0.5) is 4.39 Å². The summed E-state index contributed by atoms with van der Waals surface area (Å²) in [5.41, 5.74) is 0. The minimum absolute atomic E-state index is 0.0219. The van der Waals surface area contributed by atoms with E-state index in [2.05, 4.69) is 18.8 Å². The molecule has 1 aliphatic rings. The maximum Gasteiger partial charge on any atom is 0.114 e. The molecule has 0 aromatic rings. The first kappa shape index (κ1) is 9.58. The average molecular weight is 168 g/mol. The minimum atomic E-state index is -0.666. The van der Waals surface area contributed by atoms with Crippen molar-refractivity contribution < 1.29 is 4.39 Å². The molecule has 0 aromatic carbocycles. The molecule has 0 spiro atoms. The molecule has 0 N–H and O–H groups in total. The molecule has 1 heteroatoms. The van der Waals surface area contributed by atoms with Gasteiger partial charge in [-0.1, -0.05) is 19.3 Å². The fourth-order valence-electron chi connectivity index (χ4n) is 1.93. The third kappa shape index (κ3) is 2.24.